The van der Waals surface area contributed by atoms with Gasteiger partial charge in [-0.15, -0.1) is 0 Å². The summed E-state index contributed by atoms with van der Waals surface area (Å²) in [7, 11) is 0. The van der Waals surface area contributed by atoms with Gasteiger partial charge in [0.25, 0.3) is 0 Å². The smallest absolute Gasteiger partial charge is 0.0790 e. The summed E-state index contributed by atoms with van der Waals surface area (Å²) in [6.07, 6.45) is 6.45. The van der Waals surface area contributed by atoms with Crippen molar-refractivity contribution in [2.75, 3.05) is 6.54 Å². The van der Waals surface area contributed by atoms with Crippen molar-refractivity contribution in [2.45, 2.75) is 26.8 Å². The van der Waals surface area contributed by atoms with Gasteiger partial charge in [0.15, 0.2) is 0 Å². The quantitative estimate of drug-likeness (QED) is 0.845. The van der Waals surface area contributed by atoms with Crippen LogP contribution in [-0.2, 0) is 6.54 Å². The molecular weight excluding hydrogens is 248 g/mol. The minimum atomic E-state index is 0.636. The zero-order valence-corrected chi connectivity index (χ0v) is 11.4. The Morgan fingerprint density at radius 1 is 1.39 bits per heavy atom. The fraction of sp³-hybridized carbons (Fsp3) is 0.385. The van der Waals surface area contributed by atoms with Gasteiger partial charge in [-0.3, -0.25) is 4.98 Å². The highest BCUT2D eigenvalue weighted by atomic mass is 35.5. The van der Waals surface area contributed by atoms with Gasteiger partial charge in [0, 0.05) is 30.2 Å². The Kier molecular flexibility index (Phi) is 4.33. The van der Waals surface area contributed by atoms with Gasteiger partial charge in [-0.05, 0) is 26.0 Å². The normalized spacial score (nSPS) is 10.8. The van der Waals surface area contributed by atoms with E-state index in [1.54, 1.807) is 17.1 Å². The zero-order chi connectivity index (χ0) is 13.0. The molecule has 0 bridgehead atoms. The van der Waals surface area contributed by atoms with Crippen molar-refractivity contribution in [3.8, 4) is 5.69 Å². The van der Waals surface area contributed by atoms with E-state index in [1.807, 2.05) is 19.2 Å². The van der Waals surface area contributed by atoms with Crippen molar-refractivity contribution in [1.82, 2.24) is 20.1 Å². The Bertz CT molecular complexity index is 521. The van der Waals surface area contributed by atoms with Crippen molar-refractivity contribution >= 4 is 11.6 Å². The Morgan fingerprint density at radius 2 is 2.22 bits per heavy atom. The number of halogens is 1. The molecule has 2 rings (SSSR count). The molecule has 0 aliphatic carbocycles. The van der Waals surface area contributed by atoms with Crippen LogP contribution in [0, 0.1) is 6.92 Å². The number of aryl methyl sites for hydroxylation is 1. The number of nitrogens with zero attached hydrogens (tertiary/aromatic N) is 3. The predicted octanol–water partition coefficient (Wildman–Crippen LogP) is 2.73. The summed E-state index contributed by atoms with van der Waals surface area (Å²) in [5, 5.41) is 8.25. The van der Waals surface area contributed by atoms with Crippen LogP contribution in [-0.4, -0.2) is 21.3 Å². The van der Waals surface area contributed by atoms with Crippen LogP contribution in [0.5, 0.6) is 0 Å². The van der Waals surface area contributed by atoms with Gasteiger partial charge in [-0.1, -0.05) is 18.5 Å². The Hall–Kier alpha value is -1.39. The molecule has 0 fully saturated rings. The van der Waals surface area contributed by atoms with Crippen LogP contribution in [0.15, 0.2) is 24.7 Å². The number of aromatic nitrogens is 3. The fourth-order valence-corrected chi connectivity index (χ4v) is 1.89. The van der Waals surface area contributed by atoms with E-state index in [1.165, 1.54) is 0 Å². The first kappa shape index (κ1) is 13.1. The number of hydrogen-bond donors (Lipinski definition) is 1. The summed E-state index contributed by atoms with van der Waals surface area (Å²) in [6, 6.07) is 2.02. The molecule has 2 aromatic heterocycles. The molecular formula is C13H17ClN4. The molecule has 0 amide bonds. The van der Waals surface area contributed by atoms with Crippen LogP contribution in [0.2, 0.25) is 5.02 Å². The molecule has 4 nitrogen and oxygen atoms in total. The van der Waals surface area contributed by atoms with Crippen molar-refractivity contribution in [1.29, 1.82) is 0 Å². The average molecular weight is 265 g/mol. The SMILES string of the molecule is CCCNCc1cnc(C)cc1-n1cc(Cl)cn1. The van der Waals surface area contributed by atoms with Crippen molar-refractivity contribution in [3.05, 3.63) is 40.9 Å². The van der Waals surface area contributed by atoms with Crippen LogP contribution in [0.1, 0.15) is 24.6 Å². The van der Waals surface area contributed by atoms with E-state index in [4.69, 9.17) is 11.6 Å². The Balaban J connectivity index is 2.29. The van der Waals surface area contributed by atoms with Gasteiger partial charge < -0.3 is 5.32 Å². The van der Waals surface area contributed by atoms with E-state index in [9.17, 15) is 0 Å². The maximum atomic E-state index is 5.91. The molecule has 5 heteroatoms. The molecule has 18 heavy (non-hydrogen) atoms. The molecule has 0 aliphatic rings. The summed E-state index contributed by atoms with van der Waals surface area (Å²) in [5.74, 6) is 0. The zero-order valence-electron chi connectivity index (χ0n) is 10.7. The second kappa shape index (κ2) is 5.98. The monoisotopic (exact) mass is 264 g/mol. The van der Waals surface area contributed by atoms with Crippen LogP contribution >= 0.6 is 11.6 Å². The number of nitrogens with one attached hydrogen (secondary N) is 1. The number of hydrogen-bond acceptors (Lipinski definition) is 3. The largest absolute Gasteiger partial charge is 0.313 e. The second-order valence-electron chi connectivity index (χ2n) is 4.23. The maximum absolute atomic E-state index is 5.91. The number of rotatable bonds is 5. The molecule has 2 heterocycles. The molecule has 0 unspecified atom stereocenters. The third-order valence-corrected chi connectivity index (χ3v) is 2.83. The molecule has 0 radical (unpaired) electrons. The van der Waals surface area contributed by atoms with Gasteiger partial charge in [0.1, 0.15) is 0 Å². The minimum absolute atomic E-state index is 0.636. The highest BCUT2D eigenvalue weighted by Crippen LogP contribution is 2.16. The highest BCUT2D eigenvalue weighted by Gasteiger charge is 2.07. The fourth-order valence-electron chi connectivity index (χ4n) is 1.76. The van der Waals surface area contributed by atoms with E-state index in [0.29, 0.717) is 5.02 Å². The first-order valence-electron chi connectivity index (χ1n) is 6.07. The van der Waals surface area contributed by atoms with E-state index in [-0.39, 0.29) is 0 Å². The van der Waals surface area contributed by atoms with E-state index < -0.39 is 0 Å². The summed E-state index contributed by atoms with van der Waals surface area (Å²) in [5.41, 5.74) is 3.11. The minimum Gasteiger partial charge on any atom is -0.313 e. The Morgan fingerprint density at radius 3 is 2.89 bits per heavy atom. The maximum Gasteiger partial charge on any atom is 0.0790 e. The predicted molar refractivity (Wildman–Crippen MR) is 73.1 cm³/mol. The van der Waals surface area contributed by atoms with Crippen molar-refractivity contribution in [2.24, 2.45) is 0 Å². The Labute approximate surface area is 112 Å². The molecule has 1 N–H and O–H groups in total. The van der Waals surface area contributed by atoms with Crippen molar-refractivity contribution in [3.63, 3.8) is 0 Å². The number of pyridine rings is 1. The summed E-state index contributed by atoms with van der Waals surface area (Å²) in [6.45, 7) is 5.90. The lowest BCUT2D eigenvalue weighted by atomic mass is 10.2. The topological polar surface area (TPSA) is 42.7 Å². The molecule has 0 atom stereocenters. The van der Waals surface area contributed by atoms with Crippen molar-refractivity contribution < 1.29 is 0 Å². The molecule has 0 spiro atoms. The van der Waals surface area contributed by atoms with Crippen LogP contribution in [0.4, 0.5) is 0 Å². The molecule has 0 saturated heterocycles. The van der Waals surface area contributed by atoms with Gasteiger partial charge in [-0.2, -0.15) is 5.10 Å². The van der Waals surface area contributed by atoms with E-state index in [2.05, 4.69) is 22.3 Å². The summed E-state index contributed by atoms with van der Waals surface area (Å²) in [4.78, 5) is 4.34. The second-order valence-corrected chi connectivity index (χ2v) is 4.67. The van der Waals surface area contributed by atoms with Gasteiger partial charge in [0.05, 0.1) is 16.9 Å². The van der Waals surface area contributed by atoms with Crippen LogP contribution in [0.25, 0.3) is 5.69 Å². The van der Waals surface area contributed by atoms with Crippen LogP contribution < -0.4 is 5.32 Å². The van der Waals surface area contributed by atoms with Gasteiger partial charge in [0.2, 0.25) is 0 Å². The lowest BCUT2D eigenvalue weighted by Crippen LogP contribution is -2.16. The average Bonchev–Trinajstić information content (AvgIpc) is 2.78. The first-order valence-corrected chi connectivity index (χ1v) is 6.45. The van der Waals surface area contributed by atoms with E-state index in [0.717, 1.165) is 36.5 Å². The molecule has 96 valence electrons. The van der Waals surface area contributed by atoms with Gasteiger partial charge >= 0.3 is 0 Å². The van der Waals surface area contributed by atoms with E-state index >= 15 is 0 Å². The summed E-state index contributed by atoms with van der Waals surface area (Å²) < 4.78 is 1.79. The summed E-state index contributed by atoms with van der Waals surface area (Å²) >= 11 is 5.91. The standard InChI is InChI=1S/C13H17ClN4/c1-3-4-15-6-11-7-16-10(2)5-13(11)18-9-12(14)8-17-18/h5,7-9,15H,3-4,6H2,1-2H3. The first-order chi connectivity index (χ1) is 8.70. The van der Waals surface area contributed by atoms with Crippen LogP contribution in [0.3, 0.4) is 0 Å². The molecule has 2 aromatic rings. The molecule has 0 aliphatic heterocycles. The lowest BCUT2D eigenvalue weighted by Gasteiger charge is -2.10. The highest BCUT2D eigenvalue weighted by molar-refractivity contribution is 6.30. The van der Waals surface area contributed by atoms with Gasteiger partial charge in [-0.25, -0.2) is 4.68 Å². The molecule has 0 saturated carbocycles. The third kappa shape index (κ3) is 3.09. The third-order valence-electron chi connectivity index (χ3n) is 2.64. The molecule has 0 aromatic carbocycles. The lowest BCUT2D eigenvalue weighted by molar-refractivity contribution is 0.668.